The van der Waals surface area contributed by atoms with Gasteiger partial charge in [0.05, 0.1) is 30.8 Å². The maximum atomic E-state index is 9.56. The molecular weight excluding hydrogens is 302 g/mol. The summed E-state index contributed by atoms with van der Waals surface area (Å²) < 4.78 is 10.6. The minimum absolute atomic E-state index is 0.426. The zero-order valence-corrected chi connectivity index (χ0v) is 13.8. The number of ether oxygens (including phenoxy) is 2. The first-order valence-corrected chi connectivity index (χ1v) is 7.45. The third kappa shape index (κ3) is 2.95. The van der Waals surface area contributed by atoms with Crippen LogP contribution in [0.3, 0.4) is 0 Å². The van der Waals surface area contributed by atoms with Crippen LogP contribution in [0.1, 0.15) is 17.0 Å². The second-order valence-corrected chi connectivity index (χ2v) is 5.38. The van der Waals surface area contributed by atoms with Gasteiger partial charge in [0, 0.05) is 5.56 Å². The lowest BCUT2D eigenvalue weighted by Crippen LogP contribution is -1.91. The van der Waals surface area contributed by atoms with Gasteiger partial charge in [-0.2, -0.15) is 5.26 Å². The van der Waals surface area contributed by atoms with Crippen molar-refractivity contribution in [2.75, 3.05) is 14.2 Å². The van der Waals surface area contributed by atoms with Crippen molar-refractivity contribution in [3.8, 4) is 17.6 Å². The number of nitrogens with one attached hydrogen (secondary N) is 1. The molecule has 0 saturated heterocycles. The number of aromatic nitrogens is 2. The van der Waals surface area contributed by atoms with E-state index in [0.717, 1.165) is 22.2 Å². The molecule has 0 aliphatic carbocycles. The molecule has 5 heteroatoms. The van der Waals surface area contributed by atoms with E-state index in [9.17, 15) is 5.26 Å². The fourth-order valence-electron chi connectivity index (χ4n) is 2.51. The molecule has 0 aliphatic rings. The summed E-state index contributed by atoms with van der Waals surface area (Å²) in [5.41, 5.74) is 4.05. The van der Waals surface area contributed by atoms with Crippen molar-refractivity contribution in [2.24, 2.45) is 0 Å². The maximum Gasteiger partial charge on any atom is 0.149 e. The predicted octanol–water partition coefficient (Wildman–Crippen LogP) is 3.95. The van der Waals surface area contributed by atoms with E-state index >= 15 is 0 Å². The van der Waals surface area contributed by atoms with Crippen molar-refractivity contribution in [3.05, 3.63) is 53.3 Å². The number of hydrogen-bond donors (Lipinski definition) is 1. The summed E-state index contributed by atoms with van der Waals surface area (Å²) in [7, 11) is 3.19. The number of nitriles is 1. The van der Waals surface area contributed by atoms with E-state index in [4.69, 9.17) is 9.47 Å². The highest BCUT2D eigenvalue weighted by Crippen LogP contribution is 2.28. The molecule has 5 nitrogen and oxygen atoms in total. The lowest BCUT2D eigenvalue weighted by molar-refractivity contribution is 0.402. The average Bonchev–Trinajstić information content (AvgIpc) is 3.02. The third-order valence-corrected chi connectivity index (χ3v) is 3.75. The number of nitrogens with zero attached hydrogens (tertiary/aromatic N) is 2. The number of fused-ring (bicyclic) bond motifs is 1. The van der Waals surface area contributed by atoms with Gasteiger partial charge < -0.3 is 14.5 Å². The summed E-state index contributed by atoms with van der Waals surface area (Å²) in [5.74, 6) is 1.89. The lowest BCUT2D eigenvalue weighted by atomic mass is 10.1. The fraction of sp³-hybridized carbons (Fsp3) is 0.158. The average molecular weight is 319 g/mol. The molecule has 120 valence electrons. The number of aromatic amines is 1. The van der Waals surface area contributed by atoms with Crippen LogP contribution in [0, 0.1) is 18.3 Å². The highest BCUT2D eigenvalue weighted by atomic mass is 16.5. The molecule has 1 aromatic heterocycles. The standard InChI is InChI=1S/C19H17N3O2/c1-12-4-6-16-17(8-12)22-19(21-16)14(11-20)9-13-10-15(23-2)5-7-18(13)24-3/h4-10H,1-3H3,(H,21,22)/b14-9+. The number of H-pyrrole nitrogens is 1. The van der Waals surface area contributed by atoms with Crippen molar-refractivity contribution in [3.63, 3.8) is 0 Å². The molecule has 3 aromatic rings. The molecule has 0 radical (unpaired) electrons. The summed E-state index contributed by atoms with van der Waals surface area (Å²) in [4.78, 5) is 7.70. The van der Waals surface area contributed by atoms with Gasteiger partial charge in [-0.3, -0.25) is 0 Å². The molecule has 3 rings (SSSR count). The van der Waals surface area contributed by atoms with Crippen molar-refractivity contribution in [1.29, 1.82) is 5.26 Å². The molecule has 0 bridgehead atoms. The summed E-state index contributed by atoms with van der Waals surface area (Å²) in [6, 6.07) is 13.6. The highest BCUT2D eigenvalue weighted by molar-refractivity contribution is 5.91. The predicted molar refractivity (Wildman–Crippen MR) is 93.9 cm³/mol. The molecule has 0 amide bonds. The summed E-state index contributed by atoms with van der Waals surface area (Å²) >= 11 is 0. The van der Waals surface area contributed by atoms with Gasteiger partial charge in [0.2, 0.25) is 0 Å². The smallest absolute Gasteiger partial charge is 0.149 e. The van der Waals surface area contributed by atoms with E-state index in [1.54, 1.807) is 20.3 Å². The Morgan fingerprint density at radius 2 is 2.00 bits per heavy atom. The Morgan fingerprint density at radius 1 is 1.17 bits per heavy atom. The molecule has 0 fully saturated rings. The molecule has 0 unspecified atom stereocenters. The Hall–Kier alpha value is -3.26. The van der Waals surface area contributed by atoms with Gasteiger partial charge in [0.1, 0.15) is 23.4 Å². The van der Waals surface area contributed by atoms with Crippen LogP contribution in [-0.2, 0) is 0 Å². The first-order chi connectivity index (χ1) is 11.6. The van der Waals surface area contributed by atoms with Crippen molar-refractivity contribution < 1.29 is 9.47 Å². The van der Waals surface area contributed by atoms with Crippen molar-refractivity contribution in [2.45, 2.75) is 6.92 Å². The van der Waals surface area contributed by atoms with Crippen molar-refractivity contribution in [1.82, 2.24) is 9.97 Å². The molecule has 24 heavy (non-hydrogen) atoms. The summed E-state index contributed by atoms with van der Waals surface area (Å²) in [5, 5.41) is 9.56. The van der Waals surface area contributed by atoms with Crippen LogP contribution < -0.4 is 9.47 Å². The normalized spacial score (nSPS) is 11.3. The van der Waals surface area contributed by atoms with E-state index in [1.165, 1.54) is 0 Å². The maximum absolute atomic E-state index is 9.56. The van der Waals surface area contributed by atoms with Crippen LogP contribution in [0.2, 0.25) is 0 Å². The van der Waals surface area contributed by atoms with E-state index in [-0.39, 0.29) is 0 Å². The molecule has 1 heterocycles. The number of rotatable bonds is 4. The third-order valence-electron chi connectivity index (χ3n) is 3.75. The Morgan fingerprint density at radius 3 is 2.71 bits per heavy atom. The minimum atomic E-state index is 0.426. The van der Waals surface area contributed by atoms with Crippen LogP contribution in [0.5, 0.6) is 11.5 Å². The molecule has 0 aliphatic heterocycles. The van der Waals surface area contributed by atoms with E-state index in [0.29, 0.717) is 22.9 Å². The summed E-state index contributed by atoms with van der Waals surface area (Å²) in [6.45, 7) is 2.02. The Labute approximate surface area is 140 Å². The highest BCUT2D eigenvalue weighted by Gasteiger charge is 2.10. The first-order valence-electron chi connectivity index (χ1n) is 7.45. The number of hydrogen-bond acceptors (Lipinski definition) is 4. The quantitative estimate of drug-likeness (QED) is 0.739. The van der Waals surface area contributed by atoms with Crippen LogP contribution in [-0.4, -0.2) is 24.2 Å². The zero-order chi connectivity index (χ0) is 17.1. The number of imidazole rings is 1. The molecule has 0 saturated carbocycles. The molecule has 1 N–H and O–H groups in total. The first kappa shape index (κ1) is 15.6. The minimum Gasteiger partial charge on any atom is -0.497 e. The Balaban J connectivity index is 2.10. The molecule has 0 spiro atoms. The van der Waals surface area contributed by atoms with Gasteiger partial charge in [0.15, 0.2) is 0 Å². The van der Waals surface area contributed by atoms with Crippen LogP contribution in [0.25, 0.3) is 22.7 Å². The number of methoxy groups -OCH3 is 2. The summed E-state index contributed by atoms with van der Waals surface area (Å²) in [6.07, 6.45) is 1.74. The van der Waals surface area contributed by atoms with Crippen molar-refractivity contribution >= 4 is 22.7 Å². The van der Waals surface area contributed by atoms with Gasteiger partial charge in [-0.25, -0.2) is 4.98 Å². The van der Waals surface area contributed by atoms with Crippen LogP contribution in [0.4, 0.5) is 0 Å². The molecule has 2 aromatic carbocycles. The monoisotopic (exact) mass is 319 g/mol. The Kier molecular flexibility index (Phi) is 4.21. The molecule has 0 atom stereocenters. The van der Waals surface area contributed by atoms with E-state index in [1.807, 2.05) is 43.3 Å². The van der Waals surface area contributed by atoms with Gasteiger partial charge in [-0.05, 0) is 48.9 Å². The fourth-order valence-corrected chi connectivity index (χ4v) is 2.51. The Bertz CT molecular complexity index is 964. The second-order valence-electron chi connectivity index (χ2n) is 5.38. The number of benzene rings is 2. The largest absolute Gasteiger partial charge is 0.497 e. The SMILES string of the molecule is COc1ccc(OC)c(/C=C(\C#N)c2nc3ccc(C)cc3[nH]2)c1. The van der Waals surface area contributed by atoms with Gasteiger partial charge in [-0.1, -0.05) is 6.07 Å². The van der Waals surface area contributed by atoms with Gasteiger partial charge >= 0.3 is 0 Å². The lowest BCUT2D eigenvalue weighted by Gasteiger charge is -2.07. The second kappa shape index (κ2) is 6.47. The number of aryl methyl sites for hydroxylation is 1. The van der Waals surface area contributed by atoms with Crippen LogP contribution >= 0.6 is 0 Å². The topological polar surface area (TPSA) is 70.9 Å². The zero-order valence-electron chi connectivity index (χ0n) is 13.8. The van der Waals surface area contributed by atoms with Crippen LogP contribution in [0.15, 0.2) is 36.4 Å². The van der Waals surface area contributed by atoms with E-state index in [2.05, 4.69) is 16.0 Å². The molecular formula is C19H17N3O2. The van der Waals surface area contributed by atoms with Gasteiger partial charge in [0.25, 0.3) is 0 Å². The number of allylic oxidation sites excluding steroid dienone is 1. The van der Waals surface area contributed by atoms with Gasteiger partial charge in [-0.15, -0.1) is 0 Å². The van der Waals surface area contributed by atoms with E-state index < -0.39 is 0 Å².